The topological polar surface area (TPSA) is 51.0 Å². The molecule has 0 unspecified atom stereocenters. The minimum Gasteiger partial charge on any atom is -0.461 e. The fourth-order valence-corrected chi connectivity index (χ4v) is 1.56. The highest BCUT2D eigenvalue weighted by Crippen LogP contribution is 2.19. The molecule has 3 rings (SSSR count). The van der Waals surface area contributed by atoms with Crippen LogP contribution < -0.4 is 5.32 Å². The van der Waals surface area contributed by atoms with Crippen LogP contribution in [0.2, 0.25) is 0 Å². The third-order valence-corrected chi connectivity index (χ3v) is 2.60. The van der Waals surface area contributed by atoms with E-state index < -0.39 is 0 Å². The zero-order valence-electron chi connectivity index (χ0n) is 8.89. The van der Waals surface area contributed by atoms with Crippen LogP contribution in [0.4, 0.5) is 0 Å². The number of rotatable bonds is 4. The van der Waals surface area contributed by atoms with Crippen LogP contribution in [0.3, 0.4) is 0 Å². The maximum absolute atomic E-state index is 5.27. The monoisotopic (exact) mass is 215 g/mol. The molecule has 4 nitrogen and oxygen atoms in total. The van der Waals surface area contributed by atoms with E-state index in [1.165, 1.54) is 12.8 Å². The van der Waals surface area contributed by atoms with Gasteiger partial charge in [0.1, 0.15) is 0 Å². The van der Waals surface area contributed by atoms with E-state index in [1.54, 1.807) is 12.5 Å². The summed E-state index contributed by atoms with van der Waals surface area (Å²) >= 11 is 0. The van der Waals surface area contributed by atoms with Crippen LogP contribution in [-0.2, 0) is 6.54 Å². The molecular formula is C12H13N3O. The molecule has 0 aromatic carbocycles. The number of aromatic nitrogens is 2. The maximum atomic E-state index is 5.27. The lowest BCUT2D eigenvalue weighted by atomic mass is 10.3. The predicted octanol–water partition coefficient (Wildman–Crippen LogP) is 1.99. The quantitative estimate of drug-likeness (QED) is 0.847. The standard InChI is InChI=1S/C12H13N3O/c1-2-11(16-7-1)12-13-6-5-10(15-12)8-14-9-3-4-9/h1-2,5-7,9,14H,3-4,8H2. The van der Waals surface area contributed by atoms with E-state index in [4.69, 9.17) is 4.42 Å². The van der Waals surface area contributed by atoms with Crippen LogP contribution in [0.15, 0.2) is 35.1 Å². The molecule has 4 heteroatoms. The van der Waals surface area contributed by atoms with Gasteiger partial charge in [0.15, 0.2) is 11.6 Å². The van der Waals surface area contributed by atoms with Crippen LogP contribution in [0.25, 0.3) is 11.6 Å². The average molecular weight is 215 g/mol. The minimum atomic E-state index is 0.653. The van der Waals surface area contributed by atoms with Crippen molar-refractivity contribution in [2.24, 2.45) is 0 Å². The van der Waals surface area contributed by atoms with Gasteiger partial charge in [-0.3, -0.25) is 0 Å². The van der Waals surface area contributed by atoms with Crippen molar-refractivity contribution < 1.29 is 4.42 Å². The fourth-order valence-electron chi connectivity index (χ4n) is 1.56. The zero-order chi connectivity index (χ0) is 10.8. The third-order valence-electron chi connectivity index (χ3n) is 2.60. The summed E-state index contributed by atoms with van der Waals surface area (Å²) in [6.45, 7) is 0.806. The van der Waals surface area contributed by atoms with E-state index in [9.17, 15) is 0 Å². The van der Waals surface area contributed by atoms with Crippen LogP contribution in [0.5, 0.6) is 0 Å². The first-order valence-electron chi connectivity index (χ1n) is 5.51. The van der Waals surface area contributed by atoms with Crippen LogP contribution in [0.1, 0.15) is 18.5 Å². The lowest BCUT2D eigenvalue weighted by Crippen LogP contribution is -2.16. The Kier molecular flexibility index (Phi) is 2.42. The Hall–Kier alpha value is -1.68. The molecule has 2 aromatic rings. The second-order valence-electron chi connectivity index (χ2n) is 4.00. The van der Waals surface area contributed by atoms with E-state index in [0.29, 0.717) is 17.6 Å². The average Bonchev–Trinajstić information content (AvgIpc) is 2.99. The highest BCUT2D eigenvalue weighted by Gasteiger charge is 2.20. The first-order chi connectivity index (χ1) is 7.92. The molecule has 1 saturated carbocycles. The predicted molar refractivity (Wildman–Crippen MR) is 59.6 cm³/mol. The SMILES string of the molecule is c1coc(-c2nccc(CNC3CC3)n2)c1. The molecule has 0 atom stereocenters. The van der Waals surface area contributed by atoms with Crippen molar-refractivity contribution in [1.29, 1.82) is 0 Å². The van der Waals surface area contributed by atoms with Crippen LogP contribution in [0, 0.1) is 0 Å². The molecular weight excluding hydrogens is 202 g/mol. The molecule has 0 spiro atoms. The Morgan fingerprint density at radius 3 is 3.06 bits per heavy atom. The first-order valence-corrected chi connectivity index (χ1v) is 5.51. The molecule has 0 saturated heterocycles. The van der Waals surface area contributed by atoms with E-state index in [2.05, 4.69) is 15.3 Å². The summed E-state index contributed by atoms with van der Waals surface area (Å²) in [5.74, 6) is 1.37. The summed E-state index contributed by atoms with van der Waals surface area (Å²) in [4.78, 5) is 8.64. The summed E-state index contributed by atoms with van der Waals surface area (Å²) < 4.78 is 5.27. The number of furan rings is 1. The first kappa shape index (κ1) is 9.54. The molecule has 1 N–H and O–H groups in total. The zero-order valence-corrected chi connectivity index (χ0v) is 8.89. The van der Waals surface area contributed by atoms with Crippen molar-refractivity contribution in [3.63, 3.8) is 0 Å². The molecule has 0 radical (unpaired) electrons. The van der Waals surface area contributed by atoms with Crippen molar-refractivity contribution >= 4 is 0 Å². The summed E-state index contributed by atoms with van der Waals surface area (Å²) in [7, 11) is 0. The Labute approximate surface area is 93.7 Å². The normalized spacial score (nSPS) is 15.2. The molecule has 16 heavy (non-hydrogen) atoms. The van der Waals surface area contributed by atoms with Crippen molar-refractivity contribution in [2.75, 3.05) is 0 Å². The molecule has 1 fully saturated rings. The summed E-state index contributed by atoms with van der Waals surface area (Å²) in [5, 5.41) is 3.42. The van der Waals surface area contributed by atoms with Gasteiger partial charge >= 0.3 is 0 Å². The molecule has 0 aliphatic heterocycles. The number of hydrogen-bond acceptors (Lipinski definition) is 4. The van der Waals surface area contributed by atoms with Gasteiger partial charge in [0.05, 0.1) is 12.0 Å². The van der Waals surface area contributed by atoms with Crippen LogP contribution in [-0.4, -0.2) is 16.0 Å². The number of hydrogen-bond donors (Lipinski definition) is 1. The van der Waals surface area contributed by atoms with E-state index >= 15 is 0 Å². The molecule has 0 bridgehead atoms. The highest BCUT2D eigenvalue weighted by molar-refractivity contribution is 5.45. The van der Waals surface area contributed by atoms with Gasteiger partial charge in [0, 0.05) is 18.8 Å². The lowest BCUT2D eigenvalue weighted by Gasteiger charge is -2.02. The third kappa shape index (κ3) is 2.12. The Balaban J connectivity index is 1.76. The van der Waals surface area contributed by atoms with E-state index in [0.717, 1.165) is 12.2 Å². The van der Waals surface area contributed by atoms with Gasteiger partial charge in [-0.25, -0.2) is 9.97 Å². The second kappa shape index (κ2) is 4.06. The van der Waals surface area contributed by atoms with Crippen molar-refractivity contribution in [3.05, 3.63) is 36.4 Å². The minimum absolute atomic E-state index is 0.653. The van der Waals surface area contributed by atoms with Gasteiger partial charge in [0.2, 0.25) is 0 Å². The van der Waals surface area contributed by atoms with Gasteiger partial charge < -0.3 is 9.73 Å². The molecule has 1 aliphatic rings. The van der Waals surface area contributed by atoms with Gasteiger partial charge in [-0.15, -0.1) is 0 Å². The maximum Gasteiger partial charge on any atom is 0.195 e. The van der Waals surface area contributed by atoms with Crippen molar-refractivity contribution in [2.45, 2.75) is 25.4 Å². The molecule has 82 valence electrons. The Morgan fingerprint density at radius 1 is 1.38 bits per heavy atom. The van der Waals surface area contributed by atoms with Crippen molar-refractivity contribution in [3.8, 4) is 11.6 Å². The second-order valence-corrected chi connectivity index (χ2v) is 4.00. The molecule has 2 aromatic heterocycles. The number of nitrogens with zero attached hydrogens (tertiary/aromatic N) is 2. The Morgan fingerprint density at radius 2 is 2.31 bits per heavy atom. The Bertz CT molecular complexity index is 463. The molecule has 1 aliphatic carbocycles. The summed E-state index contributed by atoms with van der Waals surface area (Å²) in [6, 6.07) is 6.34. The summed E-state index contributed by atoms with van der Waals surface area (Å²) in [5.41, 5.74) is 1.01. The fraction of sp³-hybridized carbons (Fsp3) is 0.333. The molecule has 0 amide bonds. The van der Waals surface area contributed by atoms with Gasteiger partial charge in [-0.1, -0.05) is 0 Å². The van der Waals surface area contributed by atoms with Gasteiger partial charge in [-0.2, -0.15) is 0 Å². The van der Waals surface area contributed by atoms with Gasteiger partial charge in [-0.05, 0) is 31.0 Å². The number of nitrogens with one attached hydrogen (secondary N) is 1. The van der Waals surface area contributed by atoms with Crippen molar-refractivity contribution in [1.82, 2.24) is 15.3 Å². The summed E-state index contributed by atoms with van der Waals surface area (Å²) in [6.07, 6.45) is 5.98. The molecule has 2 heterocycles. The van der Waals surface area contributed by atoms with Gasteiger partial charge in [0.25, 0.3) is 0 Å². The van der Waals surface area contributed by atoms with Crippen LogP contribution >= 0.6 is 0 Å². The smallest absolute Gasteiger partial charge is 0.195 e. The lowest BCUT2D eigenvalue weighted by molar-refractivity contribution is 0.576. The van der Waals surface area contributed by atoms with E-state index in [1.807, 2.05) is 18.2 Å². The van der Waals surface area contributed by atoms with E-state index in [-0.39, 0.29) is 0 Å². The largest absolute Gasteiger partial charge is 0.461 e. The highest BCUT2D eigenvalue weighted by atomic mass is 16.3.